The first kappa shape index (κ1) is 17.0. The average Bonchev–Trinajstić information content (AvgIpc) is 2.73. The molecule has 134 valence electrons. The smallest absolute Gasteiger partial charge is 0.335 e. The van der Waals surface area contributed by atoms with Crippen LogP contribution in [0, 0.1) is 0 Å². The van der Waals surface area contributed by atoms with Gasteiger partial charge in [0, 0.05) is 18.7 Å². The van der Waals surface area contributed by atoms with E-state index in [9.17, 15) is 14.7 Å². The molecular formula is C23H19NO3. The number of hydrogen-bond donors (Lipinski definition) is 1. The molecule has 0 unspecified atom stereocenters. The molecule has 27 heavy (non-hydrogen) atoms. The van der Waals surface area contributed by atoms with Crippen LogP contribution in [0.4, 0.5) is 0 Å². The van der Waals surface area contributed by atoms with E-state index in [0.29, 0.717) is 18.7 Å². The molecular weight excluding hydrogens is 338 g/mol. The Bertz CT molecular complexity index is 994. The maximum absolute atomic E-state index is 12.9. The standard InChI is InChI=1S/C23H19NO3/c25-22(19-9-6-17(7-10-19)16-4-2-1-3-5-16)24-13-12-18-8-11-20(23(26)27)14-21(18)15-24/h1-11,14H,12-13,15H2,(H,26,27). The van der Waals surface area contributed by atoms with Crippen molar-refractivity contribution in [2.75, 3.05) is 6.54 Å². The lowest BCUT2D eigenvalue weighted by Gasteiger charge is -2.29. The second-order valence-corrected chi connectivity index (χ2v) is 6.71. The topological polar surface area (TPSA) is 57.6 Å². The molecule has 0 bridgehead atoms. The zero-order valence-electron chi connectivity index (χ0n) is 14.8. The van der Waals surface area contributed by atoms with Crippen molar-refractivity contribution in [2.24, 2.45) is 0 Å². The fourth-order valence-corrected chi connectivity index (χ4v) is 3.48. The Hall–Kier alpha value is -3.40. The Balaban J connectivity index is 1.53. The van der Waals surface area contributed by atoms with Crippen molar-refractivity contribution >= 4 is 11.9 Å². The van der Waals surface area contributed by atoms with Crippen LogP contribution in [-0.4, -0.2) is 28.4 Å². The van der Waals surface area contributed by atoms with Crippen LogP contribution < -0.4 is 0 Å². The van der Waals surface area contributed by atoms with Gasteiger partial charge in [0.2, 0.25) is 0 Å². The summed E-state index contributed by atoms with van der Waals surface area (Å²) in [6.45, 7) is 1.08. The van der Waals surface area contributed by atoms with E-state index in [4.69, 9.17) is 0 Å². The van der Waals surface area contributed by atoms with Crippen LogP contribution in [0.3, 0.4) is 0 Å². The molecule has 3 aromatic carbocycles. The molecule has 4 heteroatoms. The molecule has 0 aromatic heterocycles. The first-order valence-electron chi connectivity index (χ1n) is 8.92. The van der Waals surface area contributed by atoms with Crippen LogP contribution >= 0.6 is 0 Å². The molecule has 1 aliphatic heterocycles. The Morgan fingerprint density at radius 1 is 0.778 bits per heavy atom. The molecule has 1 aliphatic rings. The van der Waals surface area contributed by atoms with Crippen molar-refractivity contribution in [2.45, 2.75) is 13.0 Å². The molecule has 0 aliphatic carbocycles. The molecule has 3 aromatic rings. The summed E-state index contributed by atoms with van der Waals surface area (Å²) in [5.74, 6) is -0.973. The maximum atomic E-state index is 12.9. The van der Waals surface area contributed by atoms with E-state index in [0.717, 1.165) is 28.7 Å². The second kappa shape index (κ2) is 7.08. The summed E-state index contributed by atoms with van der Waals surface area (Å²) in [7, 11) is 0. The molecule has 1 N–H and O–H groups in total. The van der Waals surface area contributed by atoms with Crippen molar-refractivity contribution in [1.82, 2.24) is 4.90 Å². The number of carbonyl (C=O) groups excluding carboxylic acids is 1. The summed E-state index contributed by atoms with van der Waals surface area (Å²) in [6, 6.07) is 22.8. The molecule has 0 atom stereocenters. The van der Waals surface area contributed by atoms with Crippen molar-refractivity contribution < 1.29 is 14.7 Å². The first-order valence-corrected chi connectivity index (χ1v) is 8.92. The predicted octanol–water partition coefficient (Wildman–Crippen LogP) is 4.25. The summed E-state index contributed by atoms with van der Waals surface area (Å²) >= 11 is 0. The van der Waals surface area contributed by atoms with Crippen molar-refractivity contribution in [3.8, 4) is 11.1 Å². The number of carbonyl (C=O) groups is 2. The Morgan fingerprint density at radius 3 is 2.15 bits per heavy atom. The zero-order chi connectivity index (χ0) is 18.8. The minimum Gasteiger partial charge on any atom is -0.478 e. The van der Waals surface area contributed by atoms with Crippen molar-refractivity contribution in [3.05, 3.63) is 95.1 Å². The van der Waals surface area contributed by atoms with Crippen molar-refractivity contribution in [3.63, 3.8) is 0 Å². The monoisotopic (exact) mass is 357 g/mol. The number of benzene rings is 3. The number of hydrogen-bond acceptors (Lipinski definition) is 2. The maximum Gasteiger partial charge on any atom is 0.335 e. The SMILES string of the molecule is O=C(O)c1ccc2c(c1)CN(C(=O)c1ccc(-c3ccccc3)cc1)CC2. The quantitative estimate of drug-likeness (QED) is 0.762. The lowest BCUT2D eigenvalue weighted by molar-refractivity contribution is 0.0696. The van der Waals surface area contributed by atoms with E-state index in [1.54, 1.807) is 17.0 Å². The third kappa shape index (κ3) is 3.47. The Morgan fingerprint density at radius 2 is 1.44 bits per heavy atom. The average molecular weight is 357 g/mol. The van der Waals surface area contributed by atoms with Gasteiger partial charge in [0.1, 0.15) is 0 Å². The number of amides is 1. The van der Waals surface area contributed by atoms with Gasteiger partial charge in [-0.2, -0.15) is 0 Å². The van der Waals surface area contributed by atoms with Gasteiger partial charge >= 0.3 is 5.97 Å². The van der Waals surface area contributed by atoms with Gasteiger partial charge in [0.25, 0.3) is 5.91 Å². The summed E-state index contributed by atoms with van der Waals surface area (Å²) in [4.78, 5) is 25.9. The molecule has 0 fully saturated rings. The Labute approximate surface area is 157 Å². The largest absolute Gasteiger partial charge is 0.478 e. The van der Waals surface area contributed by atoms with E-state index in [2.05, 4.69) is 0 Å². The van der Waals surface area contributed by atoms with Gasteiger partial charge in [-0.3, -0.25) is 4.79 Å². The third-order valence-electron chi connectivity index (χ3n) is 4.99. The van der Waals surface area contributed by atoms with Gasteiger partial charge in [0.15, 0.2) is 0 Å². The third-order valence-corrected chi connectivity index (χ3v) is 4.99. The van der Waals surface area contributed by atoms with Gasteiger partial charge in [-0.1, -0.05) is 48.5 Å². The van der Waals surface area contributed by atoms with Crippen LogP contribution in [0.2, 0.25) is 0 Å². The van der Waals surface area contributed by atoms with E-state index in [1.807, 2.05) is 60.7 Å². The van der Waals surface area contributed by atoms with Crippen LogP contribution in [-0.2, 0) is 13.0 Å². The summed E-state index contributed by atoms with van der Waals surface area (Å²) < 4.78 is 0. The number of aromatic carboxylic acids is 1. The second-order valence-electron chi connectivity index (χ2n) is 6.71. The van der Waals surface area contributed by atoms with Crippen LogP contribution in [0.1, 0.15) is 31.8 Å². The van der Waals surface area contributed by atoms with Gasteiger partial charge < -0.3 is 10.0 Å². The summed E-state index contributed by atoms with van der Waals surface area (Å²) in [5.41, 5.74) is 5.12. The molecule has 1 amide bonds. The van der Waals surface area contributed by atoms with Gasteiger partial charge in [0.05, 0.1) is 5.56 Å². The number of carboxylic acids is 1. The van der Waals surface area contributed by atoms with E-state index in [-0.39, 0.29) is 11.5 Å². The first-order chi connectivity index (χ1) is 13.1. The minimum absolute atomic E-state index is 0.0269. The molecule has 0 saturated carbocycles. The lowest BCUT2D eigenvalue weighted by Crippen LogP contribution is -2.36. The number of nitrogens with zero attached hydrogens (tertiary/aromatic N) is 1. The van der Waals surface area contributed by atoms with Crippen LogP contribution in [0.5, 0.6) is 0 Å². The predicted molar refractivity (Wildman–Crippen MR) is 104 cm³/mol. The summed E-state index contributed by atoms with van der Waals surface area (Å²) in [6.07, 6.45) is 0.739. The molecule has 0 radical (unpaired) electrons. The number of rotatable bonds is 3. The van der Waals surface area contributed by atoms with Crippen molar-refractivity contribution in [1.29, 1.82) is 0 Å². The summed E-state index contributed by atoms with van der Waals surface area (Å²) in [5, 5.41) is 9.18. The number of carboxylic acid groups (broad SMARTS) is 1. The molecule has 4 nitrogen and oxygen atoms in total. The lowest BCUT2D eigenvalue weighted by atomic mass is 9.96. The van der Waals surface area contributed by atoms with Gasteiger partial charge in [-0.05, 0) is 52.9 Å². The fraction of sp³-hybridized carbons (Fsp3) is 0.130. The zero-order valence-corrected chi connectivity index (χ0v) is 14.8. The molecule has 0 spiro atoms. The van der Waals surface area contributed by atoms with Gasteiger partial charge in [-0.25, -0.2) is 4.79 Å². The highest BCUT2D eigenvalue weighted by atomic mass is 16.4. The Kier molecular flexibility index (Phi) is 4.47. The minimum atomic E-state index is -0.947. The highest BCUT2D eigenvalue weighted by Gasteiger charge is 2.22. The highest BCUT2D eigenvalue weighted by molar-refractivity contribution is 5.95. The normalized spacial score (nSPS) is 13.1. The molecule has 4 rings (SSSR count). The van der Waals surface area contributed by atoms with Crippen LogP contribution in [0.15, 0.2) is 72.8 Å². The fourth-order valence-electron chi connectivity index (χ4n) is 3.48. The number of fused-ring (bicyclic) bond motifs is 1. The highest BCUT2D eigenvalue weighted by Crippen LogP contribution is 2.24. The van der Waals surface area contributed by atoms with E-state index < -0.39 is 5.97 Å². The molecule has 1 heterocycles. The van der Waals surface area contributed by atoms with E-state index in [1.165, 1.54) is 0 Å². The van der Waals surface area contributed by atoms with E-state index >= 15 is 0 Å². The molecule has 0 saturated heterocycles. The van der Waals surface area contributed by atoms with Crippen LogP contribution in [0.25, 0.3) is 11.1 Å². The van der Waals surface area contributed by atoms with Gasteiger partial charge in [-0.15, -0.1) is 0 Å².